The van der Waals surface area contributed by atoms with Crippen LogP contribution in [0.5, 0.6) is 0 Å². The predicted octanol–water partition coefficient (Wildman–Crippen LogP) is -0.439. The summed E-state index contributed by atoms with van der Waals surface area (Å²) >= 11 is 0. The maximum absolute atomic E-state index is 11.4. The van der Waals surface area contributed by atoms with Gasteiger partial charge in [0.05, 0.1) is 0 Å². The van der Waals surface area contributed by atoms with Crippen molar-refractivity contribution in [3.05, 3.63) is 0 Å². The highest BCUT2D eigenvalue weighted by Crippen LogP contribution is 1.95. The molecule has 78 valence electrons. The van der Waals surface area contributed by atoms with Crippen molar-refractivity contribution in [2.75, 3.05) is 25.1 Å². The summed E-state index contributed by atoms with van der Waals surface area (Å²) in [6.45, 7) is 4.21. The molecule has 4 nitrogen and oxygen atoms in total. The van der Waals surface area contributed by atoms with E-state index in [9.17, 15) is 9.00 Å². The van der Waals surface area contributed by atoms with Gasteiger partial charge in [-0.05, 0) is 13.8 Å². The van der Waals surface area contributed by atoms with Gasteiger partial charge in [0.25, 0.3) is 0 Å². The lowest BCUT2D eigenvalue weighted by molar-refractivity contribution is -0.128. The minimum Gasteiger partial charge on any atom is -0.343 e. The molecular formula is C8H18N2O2S. The quantitative estimate of drug-likeness (QED) is 0.663. The maximum atomic E-state index is 11.4. The highest BCUT2D eigenvalue weighted by atomic mass is 32.2. The second-order valence-electron chi connectivity index (χ2n) is 3.18. The minimum atomic E-state index is -1.10. The molecule has 2 N–H and O–H groups in total. The normalized spacial score (nSPS) is 13.0. The number of nitrogens with two attached hydrogens (primary N) is 1. The van der Waals surface area contributed by atoms with Gasteiger partial charge in [0.15, 0.2) is 0 Å². The van der Waals surface area contributed by atoms with Crippen molar-refractivity contribution in [2.24, 2.45) is 5.73 Å². The van der Waals surface area contributed by atoms with Crippen LogP contribution >= 0.6 is 0 Å². The van der Waals surface area contributed by atoms with Crippen LogP contribution in [0.2, 0.25) is 0 Å². The van der Waals surface area contributed by atoms with Crippen LogP contribution in [0.15, 0.2) is 0 Å². The first-order chi connectivity index (χ1) is 5.99. The fourth-order valence-electron chi connectivity index (χ4n) is 0.731. The lowest BCUT2D eigenvalue weighted by atomic mass is 10.3. The Labute approximate surface area is 81.9 Å². The average molecular weight is 206 g/mol. The Hall–Kier alpha value is -0.420. The standard InChI is InChI=1S/C8H18N2O2S/c1-7(2)10(3)8(11)6-13(12)5-4-9/h7H,4-6,9H2,1-3H3. The second kappa shape index (κ2) is 6.10. The molecule has 0 aliphatic carbocycles. The molecule has 0 aromatic carbocycles. The Morgan fingerprint density at radius 3 is 2.46 bits per heavy atom. The topological polar surface area (TPSA) is 63.4 Å². The summed E-state index contributed by atoms with van der Waals surface area (Å²) in [5.74, 6) is 0.408. The van der Waals surface area contributed by atoms with E-state index < -0.39 is 10.8 Å². The van der Waals surface area contributed by atoms with Gasteiger partial charge in [-0.25, -0.2) is 0 Å². The second-order valence-corrected chi connectivity index (χ2v) is 4.75. The van der Waals surface area contributed by atoms with Gasteiger partial charge in [-0.3, -0.25) is 9.00 Å². The molecule has 0 heterocycles. The van der Waals surface area contributed by atoms with Crippen LogP contribution in [0.1, 0.15) is 13.8 Å². The molecule has 0 aromatic rings. The largest absolute Gasteiger partial charge is 0.343 e. The van der Waals surface area contributed by atoms with Gasteiger partial charge < -0.3 is 10.6 Å². The molecule has 0 saturated heterocycles. The minimum absolute atomic E-state index is 0.0817. The zero-order valence-electron chi connectivity index (χ0n) is 8.45. The fraction of sp³-hybridized carbons (Fsp3) is 0.875. The van der Waals surface area contributed by atoms with Crippen LogP contribution in [-0.2, 0) is 15.6 Å². The fourth-order valence-corrected chi connectivity index (χ4v) is 1.62. The van der Waals surface area contributed by atoms with Gasteiger partial charge in [-0.15, -0.1) is 0 Å². The van der Waals surface area contributed by atoms with E-state index in [-0.39, 0.29) is 17.7 Å². The molecule has 0 saturated carbocycles. The Kier molecular flexibility index (Phi) is 5.90. The predicted molar refractivity (Wildman–Crippen MR) is 54.8 cm³/mol. The first-order valence-corrected chi connectivity index (χ1v) is 5.78. The molecule has 1 atom stereocenters. The molecule has 13 heavy (non-hydrogen) atoms. The number of amides is 1. The zero-order chi connectivity index (χ0) is 10.4. The van der Waals surface area contributed by atoms with Crippen molar-refractivity contribution in [1.82, 2.24) is 4.90 Å². The van der Waals surface area contributed by atoms with Gasteiger partial charge in [0, 0.05) is 36.2 Å². The number of nitrogens with zero attached hydrogens (tertiary/aromatic N) is 1. The van der Waals surface area contributed by atoms with E-state index in [2.05, 4.69) is 0 Å². The Morgan fingerprint density at radius 2 is 2.08 bits per heavy atom. The number of carbonyl (C=O) groups is 1. The molecule has 5 heteroatoms. The third-order valence-electron chi connectivity index (χ3n) is 1.80. The summed E-state index contributed by atoms with van der Waals surface area (Å²) < 4.78 is 11.2. The van der Waals surface area contributed by atoms with Gasteiger partial charge >= 0.3 is 0 Å². The van der Waals surface area contributed by atoms with Crippen molar-refractivity contribution in [2.45, 2.75) is 19.9 Å². The molecule has 0 aromatic heterocycles. The summed E-state index contributed by atoms with van der Waals surface area (Å²) in [6.07, 6.45) is 0. The first kappa shape index (κ1) is 12.6. The van der Waals surface area contributed by atoms with Crippen molar-refractivity contribution in [3.8, 4) is 0 Å². The van der Waals surface area contributed by atoms with Gasteiger partial charge in [0.1, 0.15) is 5.75 Å². The molecule has 1 amide bonds. The van der Waals surface area contributed by atoms with Gasteiger partial charge in [-0.1, -0.05) is 0 Å². The van der Waals surface area contributed by atoms with Crippen molar-refractivity contribution in [3.63, 3.8) is 0 Å². The van der Waals surface area contributed by atoms with Crippen LogP contribution in [0.25, 0.3) is 0 Å². The molecular weight excluding hydrogens is 188 g/mol. The summed E-state index contributed by atoms with van der Waals surface area (Å²) in [5, 5.41) is 0. The third kappa shape index (κ3) is 5.00. The molecule has 0 fully saturated rings. The van der Waals surface area contributed by atoms with E-state index in [4.69, 9.17) is 5.73 Å². The Bertz CT molecular complexity index is 195. The highest BCUT2D eigenvalue weighted by Gasteiger charge is 2.14. The summed E-state index contributed by atoms with van der Waals surface area (Å²) in [4.78, 5) is 13.0. The average Bonchev–Trinajstić information content (AvgIpc) is 2.03. The molecule has 0 aliphatic rings. The van der Waals surface area contributed by atoms with Crippen LogP contribution in [-0.4, -0.2) is 46.2 Å². The molecule has 1 unspecified atom stereocenters. The zero-order valence-corrected chi connectivity index (χ0v) is 9.26. The maximum Gasteiger partial charge on any atom is 0.235 e. The van der Waals surface area contributed by atoms with Crippen LogP contribution in [0, 0.1) is 0 Å². The summed E-state index contributed by atoms with van der Waals surface area (Å²) in [5.41, 5.74) is 5.22. The van der Waals surface area contributed by atoms with E-state index in [1.807, 2.05) is 13.8 Å². The lowest BCUT2D eigenvalue weighted by Crippen LogP contribution is -2.36. The van der Waals surface area contributed by atoms with E-state index in [0.29, 0.717) is 12.3 Å². The van der Waals surface area contributed by atoms with E-state index >= 15 is 0 Å². The third-order valence-corrected chi connectivity index (χ3v) is 3.06. The number of carbonyl (C=O) groups excluding carboxylic acids is 1. The Morgan fingerprint density at radius 1 is 1.54 bits per heavy atom. The van der Waals surface area contributed by atoms with Gasteiger partial charge in [0.2, 0.25) is 5.91 Å². The van der Waals surface area contributed by atoms with E-state index in [1.165, 1.54) is 0 Å². The number of rotatable bonds is 5. The van der Waals surface area contributed by atoms with E-state index in [1.54, 1.807) is 11.9 Å². The van der Waals surface area contributed by atoms with Crippen molar-refractivity contribution < 1.29 is 9.00 Å². The van der Waals surface area contributed by atoms with Gasteiger partial charge in [-0.2, -0.15) is 0 Å². The summed E-state index contributed by atoms with van der Waals surface area (Å²) in [7, 11) is 0.611. The summed E-state index contributed by atoms with van der Waals surface area (Å²) in [6, 6.07) is 0.155. The number of hydrogen-bond acceptors (Lipinski definition) is 3. The molecule has 0 bridgehead atoms. The Balaban J connectivity index is 3.93. The first-order valence-electron chi connectivity index (χ1n) is 4.29. The van der Waals surface area contributed by atoms with Crippen LogP contribution in [0.4, 0.5) is 0 Å². The number of hydrogen-bond donors (Lipinski definition) is 1. The van der Waals surface area contributed by atoms with Crippen LogP contribution in [0.3, 0.4) is 0 Å². The van der Waals surface area contributed by atoms with Crippen molar-refractivity contribution in [1.29, 1.82) is 0 Å². The molecule has 0 aliphatic heterocycles. The van der Waals surface area contributed by atoms with E-state index in [0.717, 1.165) is 0 Å². The smallest absolute Gasteiger partial charge is 0.235 e. The van der Waals surface area contributed by atoms with Crippen LogP contribution < -0.4 is 5.73 Å². The molecule has 0 spiro atoms. The lowest BCUT2D eigenvalue weighted by Gasteiger charge is -2.20. The molecule has 0 rings (SSSR count). The highest BCUT2D eigenvalue weighted by molar-refractivity contribution is 7.85. The molecule has 0 radical (unpaired) electrons. The SMILES string of the molecule is CC(C)N(C)C(=O)CS(=O)CCN. The van der Waals surface area contributed by atoms with Crippen molar-refractivity contribution >= 4 is 16.7 Å². The monoisotopic (exact) mass is 206 g/mol.